The van der Waals surface area contributed by atoms with Crippen LogP contribution < -0.4 is 5.48 Å². The van der Waals surface area contributed by atoms with Crippen molar-refractivity contribution in [2.24, 2.45) is 0 Å². The summed E-state index contributed by atoms with van der Waals surface area (Å²) < 4.78 is 0. The third-order valence-electron chi connectivity index (χ3n) is 2.43. The van der Waals surface area contributed by atoms with Crippen LogP contribution in [0.2, 0.25) is 0 Å². The van der Waals surface area contributed by atoms with Crippen LogP contribution in [0.5, 0.6) is 0 Å². The second-order valence-corrected chi connectivity index (χ2v) is 3.88. The molecule has 0 aromatic rings. The first kappa shape index (κ1) is 14.4. The Balaban J connectivity index is 2.89. The van der Waals surface area contributed by atoms with Gasteiger partial charge in [0.1, 0.15) is 0 Å². The van der Waals surface area contributed by atoms with Crippen molar-refractivity contribution in [1.29, 1.82) is 0 Å². The van der Waals surface area contributed by atoms with Gasteiger partial charge in [-0.1, -0.05) is 38.5 Å². The van der Waals surface area contributed by atoms with E-state index in [1.807, 2.05) is 0 Å². The van der Waals surface area contributed by atoms with E-state index >= 15 is 0 Å². The number of unbranched alkanes of at least 4 members (excludes halogenated alkanes) is 7. The molecule has 0 aromatic carbocycles. The van der Waals surface area contributed by atoms with Gasteiger partial charge in [-0.15, -0.1) is 0 Å². The van der Waals surface area contributed by atoms with Crippen LogP contribution in [-0.2, 0) is 4.79 Å². The van der Waals surface area contributed by atoms with E-state index in [0.29, 0.717) is 13.0 Å². The van der Waals surface area contributed by atoms with E-state index in [4.69, 9.17) is 10.3 Å². The van der Waals surface area contributed by atoms with Crippen molar-refractivity contribution in [3.8, 4) is 0 Å². The van der Waals surface area contributed by atoms with Crippen LogP contribution in [0.4, 0.5) is 0 Å². The molecule has 0 aromatic heterocycles. The molecule has 15 heavy (non-hydrogen) atoms. The minimum absolute atomic E-state index is 0.308. The Morgan fingerprint density at radius 3 is 1.80 bits per heavy atom. The summed E-state index contributed by atoms with van der Waals surface area (Å²) in [7, 11) is 0. The van der Waals surface area contributed by atoms with E-state index in [0.717, 1.165) is 32.1 Å². The summed E-state index contributed by atoms with van der Waals surface area (Å²) in [6, 6.07) is 0. The minimum Gasteiger partial charge on any atom is -0.481 e. The summed E-state index contributed by atoms with van der Waals surface area (Å²) in [5.74, 6) is -0.688. The average Bonchev–Trinajstić information content (AvgIpc) is 2.20. The fourth-order valence-corrected chi connectivity index (χ4v) is 1.54. The van der Waals surface area contributed by atoms with Crippen molar-refractivity contribution in [3.63, 3.8) is 0 Å². The smallest absolute Gasteiger partial charge is 0.303 e. The molecule has 0 saturated heterocycles. The lowest BCUT2D eigenvalue weighted by Gasteiger charge is -2.01. The maximum Gasteiger partial charge on any atom is 0.303 e. The number of carbonyl (C=O) groups is 1. The fraction of sp³-hybridized carbons (Fsp3) is 0.909. The van der Waals surface area contributed by atoms with Gasteiger partial charge in [-0.2, -0.15) is 0 Å². The molecule has 4 nitrogen and oxygen atoms in total. The van der Waals surface area contributed by atoms with Gasteiger partial charge in [-0.05, 0) is 12.8 Å². The molecule has 0 unspecified atom stereocenters. The molecule has 0 aliphatic carbocycles. The quantitative estimate of drug-likeness (QED) is 0.367. The molecule has 0 aliphatic rings. The van der Waals surface area contributed by atoms with Gasteiger partial charge in [0.25, 0.3) is 0 Å². The first-order valence-electron chi connectivity index (χ1n) is 5.86. The molecule has 0 atom stereocenters. The summed E-state index contributed by atoms with van der Waals surface area (Å²) in [4.78, 5) is 10.2. The number of aliphatic carboxylic acids is 1. The lowest BCUT2D eigenvalue weighted by molar-refractivity contribution is -0.137. The fourth-order valence-electron chi connectivity index (χ4n) is 1.54. The van der Waals surface area contributed by atoms with Crippen LogP contribution in [0.3, 0.4) is 0 Å². The average molecular weight is 217 g/mol. The number of hydrogen-bond acceptors (Lipinski definition) is 3. The molecule has 0 spiro atoms. The molecule has 0 aliphatic heterocycles. The van der Waals surface area contributed by atoms with E-state index in [1.165, 1.54) is 19.3 Å². The Bertz CT molecular complexity index is 151. The third kappa shape index (κ3) is 13.4. The van der Waals surface area contributed by atoms with Gasteiger partial charge in [-0.3, -0.25) is 4.79 Å². The molecule has 0 saturated carbocycles. The van der Waals surface area contributed by atoms with Gasteiger partial charge in [0.2, 0.25) is 0 Å². The van der Waals surface area contributed by atoms with E-state index in [2.05, 4.69) is 5.48 Å². The van der Waals surface area contributed by atoms with Gasteiger partial charge in [-0.25, -0.2) is 5.48 Å². The first-order valence-corrected chi connectivity index (χ1v) is 5.86. The zero-order valence-corrected chi connectivity index (χ0v) is 9.37. The largest absolute Gasteiger partial charge is 0.481 e. The number of nitrogens with one attached hydrogen (secondary N) is 1. The Morgan fingerprint density at radius 1 is 0.867 bits per heavy atom. The monoisotopic (exact) mass is 217 g/mol. The molecule has 0 amide bonds. The summed E-state index contributed by atoms with van der Waals surface area (Å²) in [6.45, 7) is 0.679. The highest BCUT2D eigenvalue weighted by Gasteiger charge is 1.96. The Morgan fingerprint density at radius 2 is 1.33 bits per heavy atom. The molecular formula is C11H23NO3. The van der Waals surface area contributed by atoms with Crippen LogP contribution >= 0.6 is 0 Å². The summed E-state index contributed by atoms with van der Waals surface area (Å²) in [5, 5.41) is 16.7. The van der Waals surface area contributed by atoms with Crippen molar-refractivity contribution < 1.29 is 15.1 Å². The molecule has 4 heteroatoms. The van der Waals surface area contributed by atoms with E-state index in [9.17, 15) is 4.79 Å². The predicted octanol–water partition coefficient (Wildman–Crippen LogP) is 2.56. The molecule has 0 rings (SSSR count). The zero-order chi connectivity index (χ0) is 11.4. The van der Waals surface area contributed by atoms with Crippen LogP contribution in [0.15, 0.2) is 0 Å². The maximum atomic E-state index is 10.2. The SMILES string of the molecule is O=C(O)CCCCCCCCCCNO. The van der Waals surface area contributed by atoms with E-state index in [1.54, 1.807) is 0 Å². The van der Waals surface area contributed by atoms with Crippen LogP contribution in [-0.4, -0.2) is 22.8 Å². The zero-order valence-electron chi connectivity index (χ0n) is 9.37. The number of rotatable bonds is 11. The lowest BCUT2D eigenvalue weighted by atomic mass is 10.1. The first-order chi connectivity index (χ1) is 7.27. The second-order valence-electron chi connectivity index (χ2n) is 3.88. The molecular weight excluding hydrogens is 194 g/mol. The summed E-state index contributed by atoms with van der Waals surface area (Å²) >= 11 is 0. The molecule has 3 N–H and O–H groups in total. The van der Waals surface area contributed by atoms with Crippen molar-refractivity contribution in [1.82, 2.24) is 5.48 Å². The highest BCUT2D eigenvalue weighted by atomic mass is 16.5. The second kappa shape index (κ2) is 11.5. The van der Waals surface area contributed by atoms with Crippen molar-refractivity contribution >= 4 is 5.97 Å². The van der Waals surface area contributed by atoms with E-state index in [-0.39, 0.29) is 0 Å². The minimum atomic E-state index is -0.688. The van der Waals surface area contributed by atoms with Gasteiger partial charge in [0.05, 0.1) is 0 Å². The maximum absolute atomic E-state index is 10.2. The number of hydroxylamine groups is 1. The number of hydrogen-bond donors (Lipinski definition) is 3. The van der Waals surface area contributed by atoms with Gasteiger partial charge < -0.3 is 10.3 Å². The normalized spacial score (nSPS) is 10.5. The topological polar surface area (TPSA) is 69.6 Å². The Hall–Kier alpha value is -0.610. The Kier molecular flexibility index (Phi) is 11.0. The van der Waals surface area contributed by atoms with Gasteiger partial charge in [0, 0.05) is 13.0 Å². The van der Waals surface area contributed by atoms with Gasteiger partial charge >= 0.3 is 5.97 Å². The van der Waals surface area contributed by atoms with Crippen LogP contribution in [0.25, 0.3) is 0 Å². The number of carboxylic acid groups (broad SMARTS) is 1. The lowest BCUT2D eigenvalue weighted by Crippen LogP contribution is -2.07. The van der Waals surface area contributed by atoms with Crippen molar-refractivity contribution in [2.45, 2.75) is 57.8 Å². The number of carboxylic acids is 1. The molecule has 0 fully saturated rings. The predicted molar refractivity (Wildman–Crippen MR) is 59.0 cm³/mol. The highest BCUT2D eigenvalue weighted by molar-refractivity contribution is 5.66. The van der Waals surface area contributed by atoms with Crippen molar-refractivity contribution in [2.75, 3.05) is 6.54 Å². The molecule has 90 valence electrons. The van der Waals surface area contributed by atoms with E-state index < -0.39 is 5.97 Å². The molecule has 0 radical (unpaired) electrons. The Labute approximate surface area is 91.6 Å². The van der Waals surface area contributed by atoms with Crippen LogP contribution in [0.1, 0.15) is 57.8 Å². The summed E-state index contributed by atoms with van der Waals surface area (Å²) in [5.41, 5.74) is 2.14. The third-order valence-corrected chi connectivity index (χ3v) is 2.43. The van der Waals surface area contributed by atoms with Crippen LogP contribution in [0, 0.1) is 0 Å². The standard InChI is InChI=1S/C11H23NO3/c13-11(14)9-7-5-3-1-2-4-6-8-10-12-15/h12,15H,1-10H2,(H,13,14). The summed E-state index contributed by atoms with van der Waals surface area (Å²) in [6.07, 6.45) is 9.10. The van der Waals surface area contributed by atoms with Crippen molar-refractivity contribution in [3.05, 3.63) is 0 Å². The highest BCUT2D eigenvalue weighted by Crippen LogP contribution is 2.09. The van der Waals surface area contributed by atoms with Gasteiger partial charge in [0.15, 0.2) is 0 Å². The molecule has 0 heterocycles. The molecule has 0 bridgehead atoms.